The predicted octanol–water partition coefficient (Wildman–Crippen LogP) is 5.73. The lowest BCUT2D eigenvalue weighted by Gasteiger charge is -2.05. The standard InChI is InChI=1S/C22H33NO6S/c1-4-6-8-10-12-14-27-21(25)18-17(26-3)16-19(30-18)23-22(29-20(16)24)28-15-13-11-9-7-5-2/h4-15H2,1-3H3. The summed E-state index contributed by atoms with van der Waals surface area (Å²) in [6, 6.07) is 0. The molecule has 0 saturated heterocycles. The molecule has 2 aromatic heterocycles. The van der Waals surface area contributed by atoms with Crippen LogP contribution < -0.4 is 15.1 Å². The number of hydrogen-bond donors (Lipinski definition) is 0. The van der Waals surface area contributed by atoms with E-state index in [1.807, 2.05) is 0 Å². The average Bonchev–Trinajstić information content (AvgIpc) is 3.12. The zero-order valence-corrected chi connectivity index (χ0v) is 19.1. The molecule has 0 fully saturated rings. The molecule has 2 aromatic rings. The Labute approximate surface area is 181 Å². The molecule has 0 aliphatic heterocycles. The fraction of sp³-hybridized carbons (Fsp3) is 0.682. The zero-order chi connectivity index (χ0) is 21.8. The van der Waals surface area contributed by atoms with E-state index < -0.39 is 11.6 Å². The molecule has 0 aliphatic rings. The molecule has 2 rings (SSSR count). The minimum atomic E-state index is -0.632. The number of fused-ring (bicyclic) bond motifs is 1. The number of esters is 1. The van der Waals surface area contributed by atoms with Crippen molar-refractivity contribution in [3.63, 3.8) is 0 Å². The smallest absolute Gasteiger partial charge is 0.397 e. The Balaban J connectivity index is 2.02. The normalized spacial score (nSPS) is 11.0. The van der Waals surface area contributed by atoms with E-state index in [9.17, 15) is 9.59 Å². The number of rotatable bonds is 15. The second-order valence-electron chi connectivity index (χ2n) is 7.22. The summed E-state index contributed by atoms with van der Waals surface area (Å²) < 4.78 is 21.3. The minimum Gasteiger partial charge on any atom is -0.494 e. The molecule has 8 heteroatoms. The van der Waals surface area contributed by atoms with Gasteiger partial charge in [-0.25, -0.2) is 9.59 Å². The van der Waals surface area contributed by atoms with Crippen LogP contribution in [0.1, 0.15) is 87.7 Å². The van der Waals surface area contributed by atoms with Gasteiger partial charge in [-0.05, 0) is 12.8 Å². The Hall–Kier alpha value is -2.09. The Morgan fingerprint density at radius 3 is 2.23 bits per heavy atom. The number of nitrogens with zero attached hydrogens (tertiary/aromatic N) is 1. The molecular weight excluding hydrogens is 406 g/mol. The van der Waals surface area contributed by atoms with Crippen molar-refractivity contribution in [2.45, 2.75) is 78.1 Å². The monoisotopic (exact) mass is 439 g/mol. The first-order valence-corrected chi connectivity index (χ1v) is 11.8. The molecule has 0 aromatic carbocycles. The van der Waals surface area contributed by atoms with Gasteiger partial charge in [-0.1, -0.05) is 65.2 Å². The first kappa shape index (κ1) is 24.2. The van der Waals surface area contributed by atoms with Crippen molar-refractivity contribution < 1.29 is 23.4 Å². The summed E-state index contributed by atoms with van der Waals surface area (Å²) in [4.78, 5) is 29.8. The molecule has 0 saturated carbocycles. The van der Waals surface area contributed by atoms with Gasteiger partial charge in [-0.2, -0.15) is 4.98 Å². The van der Waals surface area contributed by atoms with Gasteiger partial charge in [0.1, 0.15) is 10.2 Å². The average molecular weight is 440 g/mol. The fourth-order valence-electron chi connectivity index (χ4n) is 3.09. The molecule has 0 atom stereocenters. The number of thiophene rings is 1. The Morgan fingerprint density at radius 1 is 0.967 bits per heavy atom. The fourth-order valence-corrected chi connectivity index (χ4v) is 4.10. The maximum absolute atomic E-state index is 12.5. The topological polar surface area (TPSA) is 87.9 Å². The third-order valence-corrected chi connectivity index (χ3v) is 5.81. The summed E-state index contributed by atoms with van der Waals surface area (Å²) >= 11 is 1.06. The molecule has 0 amide bonds. The summed E-state index contributed by atoms with van der Waals surface area (Å²) in [5.74, 6) is -0.360. The number of carbonyl (C=O) groups excluding carboxylic acids is 1. The van der Waals surface area contributed by atoms with Crippen molar-refractivity contribution in [2.24, 2.45) is 0 Å². The van der Waals surface area contributed by atoms with Crippen molar-refractivity contribution in [1.82, 2.24) is 4.98 Å². The quantitative estimate of drug-likeness (QED) is 0.258. The highest BCUT2D eigenvalue weighted by molar-refractivity contribution is 7.20. The lowest BCUT2D eigenvalue weighted by atomic mass is 10.2. The van der Waals surface area contributed by atoms with E-state index in [-0.39, 0.29) is 22.1 Å². The molecule has 168 valence electrons. The van der Waals surface area contributed by atoms with E-state index >= 15 is 0 Å². The van der Waals surface area contributed by atoms with Gasteiger partial charge in [-0.3, -0.25) is 0 Å². The van der Waals surface area contributed by atoms with Gasteiger partial charge in [0.2, 0.25) is 0 Å². The predicted molar refractivity (Wildman–Crippen MR) is 118 cm³/mol. The van der Waals surface area contributed by atoms with Crippen LogP contribution in [-0.4, -0.2) is 31.3 Å². The van der Waals surface area contributed by atoms with E-state index in [2.05, 4.69) is 18.8 Å². The van der Waals surface area contributed by atoms with Crippen LogP contribution in [0.4, 0.5) is 0 Å². The molecule has 0 unspecified atom stereocenters. The van der Waals surface area contributed by atoms with Gasteiger partial charge < -0.3 is 18.6 Å². The van der Waals surface area contributed by atoms with Gasteiger partial charge in [0, 0.05) is 0 Å². The van der Waals surface area contributed by atoms with Gasteiger partial charge >= 0.3 is 17.7 Å². The Bertz CT molecular complexity index is 844. The third-order valence-electron chi connectivity index (χ3n) is 4.77. The van der Waals surface area contributed by atoms with Crippen molar-refractivity contribution >= 4 is 27.5 Å². The molecule has 0 radical (unpaired) electrons. The highest BCUT2D eigenvalue weighted by Gasteiger charge is 2.25. The van der Waals surface area contributed by atoms with Gasteiger partial charge in [0.15, 0.2) is 10.6 Å². The van der Waals surface area contributed by atoms with E-state index in [0.717, 1.165) is 49.9 Å². The van der Waals surface area contributed by atoms with Crippen LogP contribution in [0, 0.1) is 0 Å². The number of hydrogen-bond acceptors (Lipinski definition) is 8. The largest absolute Gasteiger partial charge is 0.494 e. The highest BCUT2D eigenvalue weighted by atomic mass is 32.1. The molecule has 0 bridgehead atoms. The summed E-state index contributed by atoms with van der Waals surface area (Å²) in [6.07, 6.45) is 10.7. The Morgan fingerprint density at radius 2 is 1.60 bits per heavy atom. The SMILES string of the molecule is CCCCCCCOC(=O)c1sc2nc(OCCCCCCC)oc(=O)c2c1OC. The molecule has 7 nitrogen and oxygen atoms in total. The van der Waals surface area contributed by atoms with Gasteiger partial charge in [0.25, 0.3) is 0 Å². The van der Waals surface area contributed by atoms with Gasteiger partial charge in [-0.15, -0.1) is 11.3 Å². The maximum atomic E-state index is 12.5. The number of unbranched alkanes of at least 4 members (excludes halogenated alkanes) is 8. The van der Waals surface area contributed by atoms with Crippen LogP contribution in [0.5, 0.6) is 11.8 Å². The second kappa shape index (κ2) is 13.3. The van der Waals surface area contributed by atoms with Crippen molar-refractivity contribution in [3.05, 3.63) is 15.3 Å². The number of ether oxygens (including phenoxy) is 3. The van der Waals surface area contributed by atoms with Crippen LogP contribution in [0.25, 0.3) is 10.2 Å². The van der Waals surface area contributed by atoms with Crippen molar-refractivity contribution in [3.8, 4) is 11.8 Å². The van der Waals surface area contributed by atoms with E-state index in [4.69, 9.17) is 18.6 Å². The first-order valence-electron chi connectivity index (χ1n) is 10.9. The maximum Gasteiger partial charge on any atom is 0.397 e. The summed E-state index contributed by atoms with van der Waals surface area (Å²) in [5.41, 5.74) is -0.632. The Kier molecular flexibility index (Phi) is 10.7. The summed E-state index contributed by atoms with van der Waals surface area (Å²) in [5, 5.41) is 0.146. The first-order chi connectivity index (χ1) is 14.6. The number of aromatic nitrogens is 1. The van der Waals surface area contributed by atoms with Crippen LogP contribution in [0.15, 0.2) is 9.21 Å². The molecule has 30 heavy (non-hydrogen) atoms. The van der Waals surface area contributed by atoms with Crippen LogP contribution >= 0.6 is 11.3 Å². The lowest BCUT2D eigenvalue weighted by molar-refractivity contribution is 0.0500. The van der Waals surface area contributed by atoms with Crippen molar-refractivity contribution in [2.75, 3.05) is 20.3 Å². The van der Waals surface area contributed by atoms with E-state index in [1.165, 1.54) is 32.8 Å². The van der Waals surface area contributed by atoms with E-state index in [1.54, 1.807) is 0 Å². The molecule has 2 heterocycles. The molecule has 0 spiro atoms. The molecule has 0 aliphatic carbocycles. The molecular formula is C22H33NO6S. The van der Waals surface area contributed by atoms with Crippen LogP contribution in [-0.2, 0) is 4.74 Å². The summed E-state index contributed by atoms with van der Waals surface area (Å²) in [6.45, 7) is 5.09. The van der Waals surface area contributed by atoms with Crippen LogP contribution in [0.2, 0.25) is 0 Å². The number of carbonyl (C=O) groups is 1. The van der Waals surface area contributed by atoms with Gasteiger partial charge in [0.05, 0.1) is 20.3 Å². The summed E-state index contributed by atoms with van der Waals surface area (Å²) in [7, 11) is 1.41. The highest BCUT2D eigenvalue weighted by Crippen LogP contribution is 2.36. The van der Waals surface area contributed by atoms with Crippen molar-refractivity contribution in [1.29, 1.82) is 0 Å². The number of methoxy groups -OCH3 is 1. The second-order valence-corrected chi connectivity index (χ2v) is 8.22. The van der Waals surface area contributed by atoms with Crippen LogP contribution in [0.3, 0.4) is 0 Å². The zero-order valence-electron chi connectivity index (χ0n) is 18.3. The minimum absolute atomic E-state index is 0.0808. The van der Waals surface area contributed by atoms with E-state index in [0.29, 0.717) is 18.0 Å². The lowest BCUT2D eigenvalue weighted by Crippen LogP contribution is -2.08. The molecule has 0 N–H and O–H groups in total. The third kappa shape index (κ3) is 7.00.